The highest BCUT2D eigenvalue weighted by Gasteiger charge is 2.21. The minimum atomic E-state index is -0.250. The van der Waals surface area contributed by atoms with Crippen LogP contribution in [-0.4, -0.2) is 38.9 Å². The lowest BCUT2D eigenvalue weighted by molar-refractivity contribution is 0.0940. The molecule has 1 aliphatic heterocycles. The fourth-order valence-corrected chi connectivity index (χ4v) is 3.91. The third-order valence-corrected chi connectivity index (χ3v) is 5.62. The highest BCUT2D eigenvalue weighted by atomic mass is 16.6. The molecule has 8 nitrogen and oxygen atoms in total. The molecule has 1 atom stereocenters. The topological polar surface area (TPSA) is 91.2 Å². The number of carbonyl (C=O) groups excluding carboxylic acids is 1. The number of rotatable bonds is 5. The first kappa shape index (κ1) is 20.9. The number of aromatic nitrogens is 4. The van der Waals surface area contributed by atoms with Gasteiger partial charge in [-0.15, -0.1) is 0 Å². The third-order valence-electron chi connectivity index (χ3n) is 5.62. The Bertz CT molecular complexity index is 1320. The van der Waals surface area contributed by atoms with E-state index >= 15 is 0 Å². The number of pyridine rings is 2. The number of benzene rings is 1. The molecule has 1 aromatic carbocycles. The molecule has 168 valence electrons. The van der Waals surface area contributed by atoms with Gasteiger partial charge < -0.3 is 14.8 Å². The molecule has 8 heteroatoms. The van der Waals surface area contributed by atoms with Crippen LogP contribution in [0.2, 0.25) is 0 Å². The van der Waals surface area contributed by atoms with E-state index in [0.29, 0.717) is 47.0 Å². The fraction of sp³-hybridized carbons (Fsp3) is 0.280. The highest BCUT2D eigenvalue weighted by molar-refractivity contribution is 6.06. The molecule has 0 saturated heterocycles. The molecular weight excluding hydrogens is 418 g/mol. The number of carbonyl (C=O) groups is 1. The van der Waals surface area contributed by atoms with Crippen LogP contribution in [0.15, 0.2) is 54.9 Å². The van der Waals surface area contributed by atoms with Crippen molar-refractivity contribution in [2.75, 3.05) is 13.2 Å². The maximum atomic E-state index is 13.4. The van der Waals surface area contributed by atoms with Crippen molar-refractivity contribution in [3.05, 3.63) is 66.1 Å². The molecule has 0 spiro atoms. The lowest BCUT2D eigenvalue weighted by atomic mass is 10.0. The van der Waals surface area contributed by atoms with Gasteiger partial charge in [-0.25, -0.2) is 9.67 Å². The van der Waals surface area contributed by atoms with Crippen molar-refractivity contribution in [1.29, 1.82) is 0 Å². The van der Waals surface area contributed by atoms with Crippen LogP contribution in [0.4, 0.5) is 0 Å². The van der Waals surface area contributed by atoms with Gasteiger partial charge in [-0.2, -0.15) is 5.10 Å². The second kappa shape index (κ2) is 8.54. The molecule has 0 bridgehead atoms. The largest absolute Gasteiger partial charge is 0.486 e. The zero-order valence-corrected chi connectivity index (χ0v) is 18.8. The summed E-state index contributed by atoms with van der Waals surface area (Å²) in [5.74, 6) is 1.18. The lowest BCUT2D eigenvalue weighted by Crippen LogP contribution is -2.27. The van der Waals surface area contributed by atoms with Gasteiger partial charge in [0.1, 0.15) is 13.2 Å². The molecule has 4 heterocycles. The van der Waals surface area contributed by atoms with Crippen molar-refractivity contribution >= 4 is 16.9 Å². The Hall–Kier alpha value is -3.94. The van der Waals surface area contributed by atoms with Crippen LogP contribution < -0.4 is 14.8 Å². The van der Waals surface area contributed by atoms with Crippen molar-refractivity contribution in [2.24, 2.45) is 0 Å². The molecule has 5 rings (SSSR count). The van der Waals surface area contributed by atoms with Crippen molar-refractivity contribution < 1.29 is 14.3 Å². The Kier molecular flexibility index (Phi) is 5.42. The SMILES string of the molecule is CC(C)n1ncc2c(C(=O)N[C@@H](C)c3ccccn3)cc(-c3ccc4c(c3)OCCO4)nc21. The van der Waals surface area contributed by atoms with Crippen LogP contribution in [0, 0.1) is 0 Å². The van der Waals surface area contributed by atoms with Gasteiger partial charge in [0.05, 0.1) is 34.6 Å². The number of nitrogens with one attached hydrogen (secondary N) is 1. The van der Waals surface area contributed by atoms with E-state index in [2.05, 4.69) is 15.4 Å². The van der Waals surface area contributed by atoms with Gasteiger partial charge >= 0.3 is 0 Å². The quantitative estimate of drug-likeness (QED) is 0.494. The van der Waals surface area contributed by atoms with E-state index in [-0.39, 0.29) is 18.0 Å². The van der Waals surface area contributed by atoms with Crippen molar-refractivity contribution in [2.45, 2.75) is 32.9 Å². The summed E-state index contributed by atoms with van der Waals surface area (Å²) in [4.78, 5) is 22.6. The Morgan fingerprint density at radius 3 is 2.64 bits per heavy atom. The third kappa shape index (κ3) is 4.00. The Morgan fingerprint density at radius 1 is 1.06 bits per heavy atom. The molecular formula is C25H25N5O3. The number of fused-ring (bicyclic) bond motifs is 2. The zero-order valence-electron chi connectivity index (χ0n) is 18.8. The molecule has 0 aliphatic carbocycles. The highest BCUT2D eigenvalue weighted by Crippen LogP contribution is 2.35. The predicted molar refractivity (Wildman–Crippen MR) is 124 cm³/mol. The number of amides is 1. The van der Waals surface area contributed by atoms with Gasteiger partial charge in [0.15, 0.2) is 17.1 Å². The van der Waals surface area contributed by atoms with Crippen molar-refractivity contribution in [3.8, 4) is 22.8 Å². The predicted octanol–water partition coefficient (Wildman–Crippen LogP) is 4.34. The molecule has 33 heavy (non-hydrogen) atoms. The molecule has 1 aliphatic rings. The molecule has 4 aromatic rings. The summed E-state index contributed by atoms with van der Waals surface area (Å²) in [5, 5.41) is 8.26. The van der Waals surface area contributed by atoms with E-state index < -0.39 is 0 Å². The summed E-state index contributed by atoms with van der Waals surface area (Å²) >= 11 is 0. The normalized spacial score (nSPS) is 13.8. The van der Waals surface area contributed by atoms with E-state index in [4.69, 9.17) is 14.5 Å². The second-order valence-corrected chi connectivity index (χ2v) is 8.28. The van der Waals surface area contributed by atoms with Crippen LogP contribution in [0.25, 0.3) is 22.3 Å². The molecule has 3 aromatic heterocycles. The molecule has 0 saturated carbocycles. The standard InChI is InChI=1S/C25H25N5O3/c1-15(2)30-24-19(14-27-30)18(25(31)28-16(3)20-6-4-5-9-26-20)13-21(29-24)17-7-8-22-23(12-17)33-11-10-32-22/h4-9,12-16H,10-11H2,1-3H3,(H,28,31)/t16-/m0/s1. The van der Waals surface area contributed by atoms with Gasteiger partial charge in [0.25, 0.3) is 5.91 Å². The Morgan fingerprint density at radius 2 is 1.88 bits per heavy atom. The van der Waals surface area contributed by atoms with Crippen LogP contribution in [0.5, 0.6) is 11.5 Å². The first-order valence-electron chi connectivity index (χ1n) is 11.0. The van der Waals surface area contributed by atoms with Gasteiger partial charge in [-0.1, -0.05) is 6.07 Å². The van der Waals surface area contributed by atoms with Gasteiger partial charge in [-0.05, 0) is 57.2 Å². The lowest BCUT2D eigenvalue weighted by Gasteiger charge is -2.19. The monoisotopic (exact) mass is 443 g/mol. The van der Waals surface area contributed by atoms with E-state index in [0.717, 1.165) is 11.3 Å². The van der Waals surface area contributed by atoms with Crippen LogP contribution >= 0.6 is 0 Å². The average molecular weight is 444 g/mol. The Balaban J connectivity index is 1.58. The first-order chi connectivity index (χ1) is 16.0. The zero-order chi connectivity index (χ0) is 22.9. The summed E-state index contributed by atoms with van der Waals surface area (Å²) in [6.45, 7) is 7.02. The second-order valence-electron chi connectivity index (χ2n) is 8.28. The van der Waals surface area contributed by atoms with Gasteiger partial charge in [-0.3, -0.25) is 9.78 Å². The Labute approximate surface area is 191 Å². The average Bonchev–Trinajstić information content (AvgIpc) is 3.28. The maximum absolute atomic E-state index is 13.4. The molecule has 0 fully saturated rings. The molecule has 0 radical (unpaired) electrons. The smallest absolute Gasteiger partial charge is 0.252 e. The van der Waals surface area contributed by atoms with Crippen molar-refractivity contribution in [3.63, 3.8) is 0 Å². The maximum Gasteiger partial charge on any atom is 0.252 e. The summed E-state index contributed by atoms with van der Waals surface area (Å²) in [6.07, 6.45) is 3.42. The van der Waals surface area contributed by atoms with E-state index in [1.54, 1.807) is 18.5 Å². The van der Waals surface area contributed by atoms with Crippen LogP contribution in [0.3, 0.4) is 0 Å². The van der Waals surface area contributed by atoms with Gasteiger partial charge in [0.2, 0.25) is 0 Å². The number of nitrogens with zero attached hydrogens (tertiary/aromatic N) is 4. The first-order valence-corrected chi connectivity index (χ1v) is 11.0. The van der Waals surface area contributed by atoms with E-state index in [1.807, 2.05) is 61.9 Å². The van der Waals surface area contributed by atoms with Crippen LogP contribution in [-0.2, 0) is 0 Å². The molecule has 0 unspecified atom stereocenters. The summed E-state index contributed by atoms with van der Waals surface area (Å²) in [7, 11) is 0. The summed E-state index contributed by atoms with van der Waals surface area (Å²) in [6, 6.07) is 13.0. The van der Waals surface area contributed by atoms with E-state index in [9.17, 15) is 4.79 Å². The fourth-order valence-electron chi connectivity index (χ4n) is 3.91. The summed E-state index contributed by atoms with van der Waals surface area (Å²) in [5.41, 5.74) is 3.47. The minimum absolute atomic E-state index is 0.0915. The number of hydrogen-bond donors (Lipinski definition) is 1. The number of ether oxygens (including phenoxy) is 2. The summed E-state index contributed by atoms with van der Waals surface area (Å²) < 4.78 is 13.2. The number of hydrogen-bond acceptors (Lipinski definition) is 6. The van der Waals surface area contributed by atoms with Gasteiger partial charge in [0, 0.05) is 17.8 Å². The van der Waals surface area contributed by atoms with E-state index in [1.165, 1.54) is 0 Å². The van der Waals surface area contributed by atoms with Crippen molar-refractivity contribution in [1.82, 2.24) is 25.1 Å². The molecule has 1 N–H and O–H groups in total. The minimum Gasteiger partial charge on any atom is -0.486 e. The molecule has 1 amide bonds. The van der Waals surface area contributed by atoms with Crippen LogP contribution in [0.1, 0.15) is 48.9 Å².